The number of hydrogen-bond donors (Lipinski definition) is 1. The van der Waals surface area contributed by atoms with Gasteiger partial charge in [0.25, 0.3) is 0 Å². The molecule has 1 N–H and O–H groups in total. The van der Waals surface area contributed by atoms with E-state index in [1.807, 2.05) is 0 Å². The smallest absolute Gasteiger partial charge is 0.303 e. The fourth-order valence-corrected chi connectivity index (χ4v) is 1.79. The van der Waals surface area contributed by atoms with Crippen LogP contribution in [0.4, 0.5) is 0 Å². The van der Waals surface area contributed by atoms with Crippen molar-refractivity contribution in [3.8, 4) is 5.75 Å². The van der Waals surface area contributed by atoms with Crippen LogP contribution in [-0.2, 0) is 11.2 Å². The maximum Gasteiger partial charge on any atom is 0.303 e. The zero-order valence-electron chi connectivity index (χ0n) is 8.36. The summed E-state index contributed by atoms with van der Waals surface area (Å²) < 4.78 is 6.00. The quantitative estimate of drug-likeness (QED) is 0.894. The Labute approximate surface area is 96.4 Å². The first-order chi connectivity index (χ1) is 7.15. The van der Waals surface area contributed by atoms with Crippen molar-refractivity contribution in [1.29, 1.82) is 0 Å². The summed E-state index contributed by atoms with van der Waals surface area (Å²) in [6, 6.07) is 0. The SMILES string of the molecule is COc1cncc(Br)c1CCCC(=O)O. The second-order valence-corrected chi connectivity index (χ2v) is 3.90. The Balaban J connectivity index is 2.70. The molecule has 1 aromatic rings. The zero-order chi connectivity index (χ0) is 11.3. The van der Waals surface area contributed by atoms with Crippen LogP contribution < -0.4 is 4.74 Å². The van der Waals surface area contributed by atoms with Gasteiger partial charge in [-0.2, -0.15) is 0 Å². The zero-order valence-corrected chi connectivity index (χ0v) is 9.95. The monoisotopic (exact) mass is 273 g/mol. The average Bonchev–Trinajstić information content (AvgIpc) is 2.20. The van der Waals surface area contributed by atoms with Gasteiger partial charge in [-0.1, -0.05) is 0 Å². The van der Waals surface area contributed by atoms with Crippen LogP contribution in [-0.4, -0.2) is 23.2 Å². The summed E-state index contributed by atoms with van der Waals surface area (Å²) in [5.41, 5.74) is 0.966. The Morgan fingerprint density at radius 1 is 1.60 bits per heavy atom. The largest absolute Gasteiger partial charge is 0.495 e. The third-order valence-corrected chi connectivity index (χ3v) is 2.69. The topological polar surface area (TPSA) is 59.4 Å². The minimum atomic E-state index is -0.779. The van der Waals surface area contributed by atoms with Gasteiger partial charge in [0.05, 0.1) is 13.3 Å². The van der Waals surface area contributed by atoms with E-state index >= 15 is 0 Å². The predicted octanol–water partition coefficient (Wildman–Crippen LogP) is 2.26. The molecule has 4 nitrogen and oxygen atoms in total. The molecule has 0 bridgehead atoms. The normalized spacial score (nSPS) is 10.0. The van der Waals surface area contributed by atoms with E-state index in [9.17, 15) is 4.79 Å². The first-order valence-electron chi connectivity index (χ1n) is 4.53. The Kier molecular flexibility index (Phi) is 4.55. The van der Waals surface area contributed by atoms with Crippen LogP contribution in [0.5, 0.6) is 5.75 Å². The highest BCUT2D eigenvalue weighted by Crippen LogP contribution is 2.26. The molecule has 1 aromatic heterocycles. The second-order valence-electron chi connectivity index (χ2n) is 3.05. The molecule has 0 saturated carbocycles. The predicted molar refractivity (Wildman–Crippen MR) is 59.1 cm³/mol. The molecule has 0 aliphatic rings. The molecule has 0 unspecified atom stereocenters. The summed E-state index contributed by atoms with van der Waals surface area (Å²) in [6.45, 7) is 0. The van der Waals surface area contributed by atoms with Gasteiger partial charge in [-0.3, -0.25) is 9.78 Å². The summed E-state index contributed by atoms with van der Waals surface area (Å²) in [6.07, 6.45) is 4.73. The number of carboxylic acid groups (broad SMARTS) is 1. The minimum absolute atomic E-state index is 0.165. The molecule has 0 aromatic carbocycles. The van der Waals surface area contributed by atoms with Crippen molar-refractivity contribution in [2.24, 2.45) is 0 Å². The van der Waals surface area contributed by atoms with Crippen molar-refractivity contribution in [1.82, 2.24) is 4.98 Å². The van der Waals surface area contributed by atoms with Crippen LogP contribution in [0.15, 0.2) is 16.9 Å². The van der Waals surface area contributed by atoms with Crippen molar-refractivity contribution >= 4 is 21.9 Å². The lowest BCUT2D eigenvalue weighted by molar-refractivity contribution is -0.137. The molecule has 0 radical (unpaired) electrons. The lowest BCUT2D eigenvalue weighted by Gasteiger charge is -2.08. The number of carbonyl (C=O) groups is 1. The summed E-state index contributed by atoms with van der Waals surface area (Å²) in [7, 11) is 1.57. The molecular weight excluding hydrogens is 262 g/mol. The van der Waals surface area contributed by atoms with Gasteiger partial charge in [-0.25, -0.2) is 0 Å². The molecule has 1 heterocycles. The maximum absolute atomic E-state index is 10.4. The molecule has 82 valence electrons. The number of methoxy groups -OCH3 is 1. The number of nitrogens with zero attached hydrogens (tertiary/aromatic N) is 1. The molecule has 15 heavy (non-hydrogen) atoms. The van der Waals surface area contributed by atoms with Gasteiger partial charge in [-0.15, -0.1) is 0 Å². The standard InChI is InChI=1S/C10H12BrNO3/c1-15-9-6-12-5-8(11)7(9)3-2-4-10(13)14/h5-6H,2-4H2,1H3,(H,13,14). The fraction of sp³-hybridized carbons (Fsp3) is 0.400. The Morgan fingerprint density at radius 3 is 2.93 bits per heavy atom. The highest BCUT2D eigenvalue weighted by Gasteiger charge is 2.08. The van der Waals surface area contributed by atoms with Crippen LogP contribution in [0, 0.1) is 0 Å². The van der Waals surface area contributed by atoms with Crippen molar-refractivity contribution in [2.45, 2.75) is 19.3 Å². The van der Waals surface area contributed by atoms with Gasteiger partial charge < -0.3 is 9.84 Å². The van der Waals surface area contributed by atoms with Gasteiger partial charge in [0.15, 0.2) is 0 Å². The van der Waals surface area contributed by atoms with Crippen molar-refractivity contribution in [3.63, 3.8) is 0 Å². The summed E-state index contributed by atoms with van der Waals surface area (Å²) in [5.74, 6) is -0.0890. The van der Waals surface area contributed by atoms with Crippen LogP contribution >= 0.6 is 15.9 Å². The molecule has 0 spiro atoms. The maximum atomic E-state index is 10.4. The Bertz CT molecular complexity index is 355. The van der Waals surface area contributed by atoms with Gasteiger partial charge in [0, 0.05) is 22.7 Å². The van der Waals surface area contributed by atoms with E-state index in [4.69, 9.17) is 9.84 Å². The molecule has 0 aliphatic heterocycles. The van der Waals surface area contributed by atoms with Crippen molar-refractivity contribution < 1.29 is 14.6 Å². The van der Waals surface area contributed by atoms with Gasteiger partial charge in [0.1, 0.15) is 5.75 Å². The second kappa shape index (κ2) is 5.70. The third-order valence-electron chi connectivity index (χ3n) is 2.00. The molecule has 0 fully saturated rings. The lowest BCUT2D eigenvalue weighted by Crippen LogP contribution is -1.99. The number of aliphatic carboxylic acids is 1. The van der Waals surface area contributed by atoms with Crippen molar-refractivity contribution in [2.75, 3.05) is 7.11 Å². The highest BCUT2D eigenvalue weighted by atomic mass is 79.9. The van der Waals surface area contributed by atoms with E-state index in [1.54, 1.807) is 19.5 Å². The molecule has 0 saturated heterocycles. The molecule has 5 heteroatoms. The first-order valence-corrected chi connectivity index (χ1v) is 5.32. The summed E-state index contributed by atoms with van der Waals surface area (Å²) >= 11 is 3.37. The fourth-order valence-electron chi connectivity index (χ4n) is 1.28. The van der Waals surface area contributed by atoms with Gasteiger partial charge in [0.2, 0.25) is 0 Å². The van der Waals surface area contributed by atoms with Crippen LogP contribution in [0.1, 0.15) is 18.4 Å². The summed E-state index contributed by atoms with van der Waals surface area (Å²) in [4.78, 5) is 14.3. The van der Waals surface area contributed by atoms with Gasteiger partial charge >= 0.3 is 5.97 Å². The number of rotatable bonds is 5. The van der Waals surface area contributed by atoms with E-state index in [-0.39, 0.29) is 6.42 Å². The molecule has 0 aliphatic carbocycles. The summed E-state index contributed by atoms with van der Waals surface area (Å²) in [5, 5.41) is 8.53. The number of halogens is 1. The average molecular weight is 274 g/mol. The van der Waals surface area contributed by atoms with Crippen LogP contribution in [0.25, 0.3) is 0 Å². The molecule has 0 atom stereocenters. The number of aromatic nitrogens is 1. The van der Waals surface area contributed by atoms with E-state index in [0.717, 1.165) is 10.0 Å². The lowest BCUT2D eigenvalue weighted by atomic mass is 10.1. The number of ether oxygens (including phenoxy) is 1. The third kappa shape index (κ3) is 3.51. The van der Waals surface area contributed by atoms with E-state index in [2.05, 4.69) is 20.9 Å². The molecule has 1 rings (SSSR count). The van der Waals surface area contributed by atoms with E-state index < -0.39 is 5.97 Å². The first kappa shape index (κ1) is 12.0. The number of carboxylic acids is 1. The van der Waals surface area contributed by atoms with Gasteiger partial charge in [-0.05, 0) is 28.8 Å². The van der Waals surface area contributed by atoms with Crippen molar-refractivity contribution in [3.05, 3.63) is 22.4 Å². The molecular formula is C10H12BrNO3. The molecule has 0 amide bonds. The van der Waals surface area contributed by atoms with E-state index in [0.29, 0.717) is 18.6 Å². The Hall–Kier alpha value is -1.10. The minimum Gasteiger partial charge on any atom is -0.495 e. The van der Waals surface area contributed by atoms with Crippen LogP contribution in [0.3, 0.4) is 0 Å². The number of pyridine rings is 1. The van der Waals surface area contributed by atoms with Crippen LogP contribution in [0.2, 0.25) is 0 Å². The number of hydrogen-bond acceptors (Lipinski definition) is 3. The Morgan fingerprint density at radius 2 is 2.33 bits per heavy atom. The highest BCUT2D eigenvalue weighted by molar-refractivity contribution is 9.10. The van der Waals surface area contributed by atoms with E-state index in [1.165, 1.54) is 0 Å².